The molecular weight excluding hydrogens is 460 g/mol. The van der Waals surface area contributed by atoms with Crippen LogP contribution in [0.3, 0.4) is 0 Å². The molecule has 6 heterocycles. The number of fused-ring (bicyclic) bond motifs is 2. The van der Waals surface area contributed by atoms with Gasteiger partial charge in [0, 0.05) is 67.5 Å². The summed E-state index contributed by atoms with van der Waals surface area (Å²) in [7, 11) is 1.57. The first-order valence-corrected chi connectivity index (χ1v) is 12.3. The Hall–Kier alpha value is -3.67. The van der Waals surface area contributed by atoms with Crippen molar-refractivity contribution in [2.24, 2.45) is 0 Å². The third-order valence-electron chi connectivity index (χ3n) is 6.73. The maximum absolute atomic E-state index is 6.02. The molecule has 1 atom stereocenters. The Balaban J connectivity index is 1.14. The van der Waals surface area contributed by atoms with Gasteiger partial charge in [-0.2, -0.15) is 0 Å². The van der Waals surface area contributed by atoms with E-state index in [1.54, 1.807) is 19.2 Å². The molecule has 188 valence electrons. The van der Waals surface area contributed by atoms with Crippen LogP contribution in [0.4, 0.5) is 5.82 Å². The van der Waals surface area contributed by atoms with Crippen molar-refractivity contribution < 1.29 is 14.2 Å². The summed E-state index contributed by atoms with van der Waals surface area (Å²) in [4.78, 5) is 7.13. The normalized spacial score (nSPS) is 21.7. The second-order valence-corrected chi connectivity index (χ2v) is 8.95. The number of hydrazine groups is 2. The van der Waals surface area contributed by atoms with Gasteiger partial charge in [0.2, 0.25) is 11.8 Å². The van der Waals surface area contributed by atoms with Gasteiger partial charge >= 0.3 is 0 Å². The van der Waals surface area contributed by atoms with Crippen LogP contribution in [0.1, 0.15) is 25.3 Å². The van der Waals surface area contributed by atoms with Gasteiger partial charge in [-0.3, -0.25) is 10.4 Å². The first-order chi connectivity index (χ1) is 17.7. The van der Waals surface area contributed by atoms with Gasteiger partial charge in [-0.1, -0.05) is 0 Å². The standard InChI is InChI=1S/C25H30N8O3/c1-3-35-18-12-19(24-20-14-27-30-25(20)31-33(24)15-18)16-4-5-21(26-13-16)32-10-8-17(9-11-32)36-23-7-6-22(34-2)28-29-23/h4-7,12-13,15,17,25,27,30-31H,3,8-11,14H2,1-2H3. The summed E-state index contributed by atoms with van der Waals surface area (Å²) in [6, 6.07) is 7.80. The number of aromatic nitrogens is 3. The van der Waals surface area contributed by atoms with Crippen LogP contribution in [0.2, 0.25) is 0 Å². The van der Waals surface area contributed by atoms with Crippen molar-refractivity contribution in [1.29, 1.82) is 0 Å². The molecule has 0 amide bonds. The molecule has 2 aromatic heterocycles. The van der Waals surface area contributed by atoms with E-state index < -0.39 is 0 Å². The first-order valence-electron chi connectivity index (χ1n) is 12.3. The van der Waals surface area contributed by atoms with Crippen LogP contribution < -0.4 is 30.7 Å². The van der Waals surface area contributed by atoms with E-state index in [9.17, 15) is 0 Å². The van der Waals surface area contributed by atoms with E-state index in [0.717, 1.165) is 60.9 Å². The zero-order chi connectivity index (χ0) is 24.5. The number of allylic oxidation sites excluding steroid dienone is 2. The lowest BCUT2D eigenvalue weighted by Gasteiger charge is -2.32. The monoisotopic (exact) mass is 490 g/mol. The minimum Gasteiger partial charge on any atom is -0.492 e. The van der Waals surface area contributed by atoms with Crippen molar-refractivity contribution in [3.8, 4) is 11.8 Å². The highest BCUT2D eigenvalue weighted by Crippen LogP contribution is 2.38. The number of nitrogens with one attached hydrogen (secondary N) is 3. The van der Waals surface area contributed by atoms with Crippen molar-refractivity contribution in [1.82, 2.24) is 36.5 Å². The zero-order valence-corrected chi connectivity index (χ0v) is 20.4. The summed E-state index contributed by atoms with van der Waals surface area (Å²) in [6.45, 7) is 5.12. The lowest BCUT2D eigenvalue weighted by molar-refractivity contribution is 0.161. The van der Waals surface area contributed by atoms with Crippen molar-refractivity contribution in [3.63, 3.8) is 0 Å². The number of anilines is 1. The van der Waals surface area contributed by atoms with E-state index in [0.29, 0.717) is 18.4 Å². The van der Waals surface area contributed by atoms with E-state index >= 15 is 0 Å². The van der Waals surface area contributed by atoms with Crippen LogP contribution in [0.5, 0.6) is 11.8 Å². The van der Waals surface area contributed by atoms with Gasteiger partial charge in [0.05, 0.1) is 25.6 Å². The van der Waals surface area contributed by atoms with E-state index in [1.807, 2.05) is 19.3 Å². The molecule has 2 saturated heterocycles. The fourth-order valence-corrected chi connectivity index (χ4v) is 4.96. The summed E-state index contributed by atoms with van der Waals surface area (Å²) >= 11 is 0. The fraction of sp³-hybridized carbons (Fsp3) is 0.400. The Morgan fingerprint density at radius 1 is 1.08 bits per heavy atom. The Morgan fingerprint density at radius 2 is 1.92 bits per heavy atom. The van der Waals surface area contributed by atoms with E-state index in [-0.39, 0.29) is 12.3 Å². The van der Waals surface area contributed by atoms with Gasteiger partial charge in [0.25, 0.3) is 0 Å². The molecule has 4 aliphatic heterocycles. The number of methoxy groups -OCH3 is 1. The highest BCUT2D eigenvalue weighted by molar-refractivity contribution is 5.83. The average Bonchev–Trinajstić information content (AvgIpc) is 3.51. The average molecular weight is 491 g/mol. The first kappa shape index (κ1) is 22.8. The predicted molar refractivity (Wildman–Crippen MR) is 133 cm³/mol. The number of nitrogens with zero attached hydrogens (tertiary/aromatic N) is 5. The van der Waals surface area contributed by atoms with Crippen LogP contribution in [0.25, 0.3) is 5.57 Å². The summed E-state index contributed by atoms with van der Waals surface area (Å²) in [5, 5.41) is 10.1. The topological polar surface area (TPSA) is 109 Å². The van der Waals surface area contributed by atoms with Crippen LogP contribution >= 0.6 is 0 Å². The number of ether oxygens (including phenoxy) is 3. The summed E-state index contributed by atoms with van der Waals surface area (Å²) in [5.41, 5.74) is 14.5. The van der Waals surface area contributed by atoms with Crippen LogP contribution in [0.15, 0.2) is 59.8 Å². The van der Waals surface area contributed by atoms with Crippen LogP contribution in [-0.2, 0) is 4.74 Å². The van der Waals surface area contributed by atoms with Gasteiger partial charge in [0.15, 0.2) is 0 Å². The van der Waals surface area contributed by atoms with Gasteiger partial charge in [-0.15, -0.1) is 10.2 Å². The molecule has 11 heteroatoms. The second-order valence-electron chi connectivity index (χ2n) is 8.95. The maximum atomic E-state index is 6.02. The fourth-order valence-electron chi connectivity index (χ4n) is 4.96. The molecule has 2 aromatic rings. The lowest BCUT2D eigenvalue weighted by Crippen LogP contribution is -2.44. The van der Waals surface area contributed by atoms with Crippen molar-refractivity contribution in [2.75, 3.05) is 38.3 Å². The van der Waals surface area contributed by atoms with Gasteiger partial charge in [-0.25, -0.2) is 15.8 Å². The Kier molecular flexibility index (Phi) is 6.18. The van der Waals surface area contributed by atoms with Gasteiger partial charge in [-0.05, 0) is 25.1 Å². The molecule has 3 N–H and O–H groups in total. The molecule has 0 radical (unpaired) electrons. The molecule has 4 aliphatic rings. The van der Waals surface area contributed by atoms with E-state index in [1.165, 1.54) is 5.57 Å². The van der Waals surface area contributed by atoms with Crippen molar-refractivity contribution in [2.45, 2.75) is 32.0 Å². The van der Waals surface area contributed by atoms with Gasteiger partial charge < -0.3 is 19.1 Å². The lowest BCUT2D eigenvalue weighted by atomic mass is 9.97. The SMILES string of the molecule is CCOC1=CN2NC3NNCC3=C2C(c2ccc(N3CCC(Oc4ccc(OC)nn4)CC3)nc2)=C1. The van der Waals surface area contributed by atoms with Crippen molar-refractivity contribution in [3.05, 3.63) is 65.3 Å². The highest BCUT2D eigenvalue weighted by Gasteiger charge is 2.37. The zero-order valence-electron chi connectivity index (χ0n) is 20.4. The molecule has 36 heavy (non-hydrogen) atoms. The summed E-state index contributed by atoms with van der Waals surface area (Å²) < 4.78 is 16.9. The Bertz CT molecular complexity index is 1190. The number of piperidine rings is 1. The summed E-state index contributed by atoms with van der Waals surface area (Å²) in [6.07, 6.45) is 8.02. The second kappa shape index (κ2) is 9.76. The third kappa shape index (κ3) is 4.36. The molecule has 11 nitrogen and oxygen atoms in total. The van der Waals surface area contributed by atoms with Crippen LogP contribution in [0, 0.1) is 0 Å². The molecule has 2 fully saturated rings. The number of hydrogen-bond acceptors (Lipinski definition) is 11. The minimum absolute atomic E-state index is 0.0697. The third-order valence-corrected chi connectivity index (χ3v) is 6.73. The van der Waals surface area contributed by atoms with E-state index in [2.05, 4.69) is 54.6 Å². The largest absolute Gasteiger partial charge is 0.492 e. The van der Waals surface area contributed by atoms with Crippen LogP contribution in [-0.4, -0.2) is 65.8 Å². The Morgan fingerprint density at radius 3 is 2.64 bits per heavy atom. The summed E-state index contributed by atoms with van der Waals surface area (Å²) in [5.74, 6) is 2.80. The smallest absolute Gasteiger partial charge is 0.233 e. The Labute approximate surface area is 209 Å². The highest BCUT2D eigenvalue weighted by atomic mass is 16.5. The van der Waals surface area contributed by atoms with Gasteiger partial charge in [0.1, 0.15) is 23.8 Å². The minimum atomic E-state index is 0.0697. The van der Waals surface area contributed by atoms with Crippen molar-refractivity contribution >= 4 is 11.4 Å². The molecule has 1 unspecified atom stereocenters. The number of hydrogen-bond donors (Lipinski definition) is 3. The molecule has 0 aliphatic carbocycles. The molecule has 0 bridgehead atoms. The number of pyridine rings is 1. The number of rotatable bonds is 7. The molecular formula is C25H30N8O3. The molecule has 0 saturated carbocycles. The maximum Gasteiger partial charge on any atom is 0.233 e. The molecule has 0 aromatic carbocycles. The predicted octanol–water partition coefficient (Wildman–Crippen LogP) is 1.71. The quantitative estimate of drug-likeness (QED) is 0.528. The van der Waals surface area contributed by atoms with E-state index in [4.69, 9.17) is 19.2 Å². The molecule has 0 spiro atoms. The molecule has 6 rings (SSSR count).